The van der Waals surface area contributed by atoms with Crippen LogP contribution in [0.2, 0.25) is 0 Å². The number of rotatable bonds is 4. The van der Waals surface area contributed by atoms with Crippen molar-refractivity contribution in [2.45, 2.75) is 33.2 Å². The summed E-state index contributed by atoms with van der Waals surface area (Å²) in [5.74, 6) is -0.133. The second-order valence-corrected chi connectivity index (χ2v) is 3.97. The number of carbonyl (C=O) groups is 1. The van der Waals surface area contributed by atoms with Crippen LogP contribution in [0.15, 0.2) is 12.1 Å². The van der Waals surface area contributed by atoms with Crippen LogP contribution in [-0.4, -0.2) is 28.6 Å². The lowest BCUT2D eigenvalue weighted by atomic mass is 10.1. The number of aliphatic hydroxyl groups is 1. The van der Waals surface area contributed by atoms with Gasteiger partial charge in [-0.15, -0.1) is 0 Å². The SMILES string of the molecule is Cc1ccc(C(=O)NC(C)CCO)c(C)n1. The van der Waals surface area contributed by atoms with Crippen LogP contribution in [0.4, 0.5) is 0 Å². The van der Waals surface area contributed by atoms with E-state index in [2.05, 4.69) is 10.3 Å². The molecule has 16 heavy (non-hydrogen) atoms. The zero-order chi connectivity index (χ0) is 12.1. The largest absolute Gasteiger partial charge is 0.396 e. The Bertz CT molecular complexity index is 377. The fourth-order valence-corrected chi connectivity index (χ4v) is 1.49. The van der Waals surface area contributed by atoms with Crippen molar-refractivity contribution >= 4 is 5.91 Å². The Labute approximate surface area is 95.7 Å². The maximum absolute atomic E-state index is 11.8. The molecule has 4 heteroatoms. The van der Waals surface area contributed by atoms with Crippen LogP contribution in [0.1, 0.15) is 35.1 Å². The van der Waals surface area contributed by atoms with E-state index < -0.39 is 0 Å². The highest BCUT2D eigenvalue weighted by atomic mass is 16.3. The molecule has 0 aliphatic rings. The molecule has 1 amide bonds. The van der Waals surface area contributed by atoms with Crippen molar-refractivity contribution in [2.24, 2.45) is 0 Å². The van der Waals surface area contributed by atoms with E-state index in [0.717, 1.165) is 11.4 Å². The lowest BCUT2D eigenvalue weighted by Crippen LogP contribution is -2.33. The fraction of sp³-hybridized carbons (Fsp3) is 0.500. The third-order valence-electron chi connectivity index (χ3n) is 2.41. The van der Waals surface area contributed by atoms with Crippen molar-refractivity contribution in [2.75, 3.05) is 6.61 Å². The van der Waals surface area contributed by atoms with Gasteiger partial charge in [0.25, 0.3) is 5.91 Å². The molecule has 4 nitrogen and oxygen atoms in total. The number of hydrogen-bond acceptors (Lipinski definition) is 3. The van der Waals surface area contributed by atoms with E-state index in [1.807, 2.05) is 26.8 Å². The summed E-state index contributed by atoms with van der Waals surface area (Å²) in [6.07, 6.45) is 0.560. The fourth-order valence-electron chi connectivity index (χ4n) is 1.49. The Morgan fingerprint density at radius 3 is 2.75 bits per heavy atom. The van der Waals surface area contributed by atoms with Gasteiger partial charge in [-0.25, -0.2) is 0 Å². The summed E-state index contributed by atoms with van der Waals surface area (Å²) in [6.45, 7) is 5.65. The van der Waals surface area contributed by atoms with Crippen LogP contribution < -0.4 is 5.32 Å². The Kier molecular flexibility index (Phi) is 4.43. The van der Waals surface area contributed by atoms with E-state index in [0.29, 0.717) is 12.0 Å². The molecular weight excluding hydrogens is 204 g/mol. The van der Waals surface area contributed by atoms with E-state index in [1.165, 1.54) is 0 Å². The standard InChI is InChI=1S/C12H18N2O2/c1-8-4-5-11(10(3)13-8)12(16)14-9(2)6-7-15/h4-5,9,15H,6-7H2,1-3H3,(H,14,16). The van der Waals surface area contributed by atoms with E-state index in [1.54, 1.807) is 6.07 Å². The second-order valence-electron chi connectivity index (χ2n) is 3.97. The highest BCUT2D eigenvalue weighted by molar-refractivity contribution is 5.95. The average molecular weight is 222 g/mol. The molecule has 0 aliphatic heterocycles. The Morgan fingerprint density at radius 1 is 1.50 bits per heavy atom. The van der Waals surface area contributed by atoms with Crippen molar-refractivity contribution in [3.8, 4) is 0 Å². The number of aliphatic hydroxyl groups excluding tert-OH is 1. The first-order valence-electron chi connectivity index (χ1n) is 5.40. The van der Waals surface area contributed by atoms with Gasteiger partial charge in [-0.2, -0.15) is 0 Å². The first-order chi connectivity index (χ1) is 7.54. The number of aryl methyl sites for hydroxylation is 2. The summed E-state index contributed by atoms with van der Waals surface area (Å²) in [5, 5.41) is 11.6. The molecule has 1 aromatic heterocycles. The quantitative estimate of drug-likeness (QED) is 0.804. The molecule has 0 aromatic carbocycles. The monoisotopic (exact) mass is 222 g/mol. The van der Waals surface area contributed by atoms with Crippen LogP contribution in [0, 0.1) is 13.8 Å². The smallest absolute Gasteiger partial charge is 0.253 e. The number of nitrogens with one attached hydrogen (secondary N) is 1. The van der Waals surface area contributed by atoms with Gasteiger partial charge in [0.15, 0.2) is 0 Å². The maximum atomic E-state index is 11.8. The molecular formula is C12H18N2O2. The molecule has 1 rings (SSSR count). The van der Waals surface area contributed by atoms with Gasteiger partial charge >= 0.3 is 0 Å². The van der Waals surface area contributed by atoms with Gasteiger partial charge in [0, 0.05) is 18.3 Å². The normalized spacial score (nSPS) is 12.2. The molecule has 0 radical (unpaired) electrons. The molecule has 0 spiro atoms. The van der Waals surface area contributed by atoms with Crippen molar-refractivity contribution in [1.29, 1.82) is 0 Å². The van der Waals surface area contributed by atoms with Crippen molar-refractivity contribution in [1.82, 2.24) is 10.3 Å². The van der Waals surface area contributed by atoms with Gasteiger partial charge in [-0.05, 0) is 39.3 Å². The van der Waals surface area contributed by atoms with E-state index in [9.17, 15) is 4.79 Å². The zero-order valence-electron chi connectivity index (χ0n) is 9.95. The van der Waals surface area contributed by atoms with Crippen LogP contribution in [0.5, 0.6) is 0 Å². The Morgan fingerprint density at radius 2 is 2.19 bits per heavy atom. The number of pyridine rings is 1. The minimum Gasteiger partial charge on any atom is -0.396 e. The number of aromatic nitrogens is 1. The molecule has 88 valence electrons. The highest BCUT2D eigenvalue weighted by Crippen LogP contribution is 2.06. The summed E-state index contributed by atoms with van der Waals surface area (Å²) >= 11 is 0. The summed E-state index contributed by atoms with van der Waals surface area (Å²) in [6, 6.07) is 3.57. The van der Waals surface area contributed by atoms with E-state index in [-0.39, 0.29) is 18.6 Å². The third kappa shape index (κ3) is 3.31. The predicted octanol–water partition coefficient (Wildman–Crippen LogP) is 1.20. The molecule has 0 saturated heterocycles. The summed E-state index contributed by atoms with van der Waals surface area (Å²) in [4.78, 5) is 16.1. The van der Waals surface area contributed by atoms with Crippen LogP contribution in [-0.2, 0) is 0 Å². The Hall–Kier alpha value is -1.42. The third-order valence-corrected chi connectivity index (χ3v) is 2.41. The first kappa shape index (κ1) is 12.6. The molecule has 0 bridgehead atoms. The highest BCUT2D eigenvalue weighted by Gasteiger charge is 2.12. The lowest BCUT2D eigenvalue weighted by Gasteiger charge is -2.13. The van der Waals surface area contributed by atoms with E-state index in [4.69, 9.17) is 5.11 Å². The molecule has 0 fully saturated rings. The Balaban J connectivity index is 2.73. The molecule has 0 saturated carbocycles. The topological polar surface area (TPSA) is 62.2 Å². The second kappa shape index (κ2) is 5.61. The van der Waals surface area contributed by atoms with Gasteiger partial charge in [0.05, 0.1) is 11.3 Å². The number of amides is 1. The van der Waals surface area contributed by atoms with Crippen molar-refractivity contribution in [3.63, 3.8) is 0 Å². The number of carbonyl (C=O) groups excluding carboxylic acids is 1. The van der Waals surface area contributed by atoms with Crippen LogP contribution in [0.3, 0.4) is 0 Å². The van der Waals surface area contributed by atoms with Gasteiger partial charge in [0.1, 0.15) is 0 Å². The number of hydrogen-bond donors (Lipinski definition) is 2. The molecule has 1 heterocycles. The van der Waals surface area contributed by atoms with Gasteiger partial charge < -0.3 is 10.4 Å². The molecule has 2 N–H and O–H groups in total. The van der Waals surface area contributed by atoms with Gasteiger partial charge in [-0.3, -0.25) is 9.78 Å². The molecule has 1 atom stereocenters. The predicted molar refractivity (Wildman–Crippen MR) is 62.3 cm³/mol. The average Bonchev–Trinajstić information content (AvgIpc) is 2.17. The summed E-state index contributed by atoms with van der Waals surface area (Å²) in [5.41, 5.74) is 2.22. The van der Waals surface area contributed by atoms with Crippen LogP contribution in [0.25, 0.3) is 0 Å². The van der Waals surface area contributed by atoms with Crippen molar-refractivity contribution in [3.05, 3.63) is 29.1 Å². The minimum atomic E-state index is -0.133. The lowest BCUT2D eigenvalue weighted by molar-refractivity contribution is 0.0933. The van der Waals surface area contributed by atoms with Gasteiger partial charge in [-0.1, -0.05) is 0 Å². The maximum Gasteiger partial charge on any atom is 0.253 e. The number of nitrogens with zero attached hydrogens (tertiary/aromatic N) is 1. The molecule has 1 aromatic rings. The van der Waals surface area contributed by atoms with E-state index >= 15 is 0 Å². The van der Waals surface area contributed by atoms with Crippen molar-refractivity contribution < 1.29 is 9.90 Å². The van der Waals surface area contributed by atoms with Gasteiger partial charge in [0.2, 0.25) is 0 Å². The van der Waals surface area contributed by atoms with Crippen LogP contribution >= 0.6 is 0 Å². The minimum absolute atomic E-state index is 0.0294. The summed E-state index contributed by atoms with van der Waals surface area (Å²) < 4.78 is 0. The summed E-state index contributed by atoms with van der Waals surface area (Å²) in [7, 11) is 0. The molecule has 1 unspecified atom stereocenters. The molecule has 0 aliphatic carbocycles. The first-order valence-corrected chi connectivity index (χ1v) is 5.40. The zero-order valence-corrected chi connectivity index (χ0v) is 9.95.